The molecule has 0 aliphatic rings. The molecule has 0 aromatic carbocycles. The molecule has 0 radical (unpaired) electrons. The van der Waals surface area contributed by atoms with E-state index in [0.717, 1.165) is 6.42 Å². The molecule has 0 heterocycles. The van der Waals surface area contributed by atoms with Crippen molar-refractivity contribution in [1.82, 2.24) is 0 Å². The van der Waals surface area contributed by atoms with Gasteiger partial charge < -0.3 is 0 Å². The Balaban J connectivity index is 4.22. The summed E-state index contributed by atoms with van der Waals surface area (Å²) in [5, 5.41) is 0. The fourth-order valence-electron chi connectivity index (χ4n) is 0.946. The van der Waals surface area contributed by atoms with Gasteiger partial charge in [-0.3, -0.25) is 9.98 Å². The van der Waals surface area contributed by atoms with Gasteiger partial charge in [0.25, 0.3) is 0 Å². The second kappa shape index (κ2) is 6.77. The van der Waals surface area contributed by atoms with E-state index in [0.29, 0.717) is 5.92 Å². The Hall–Kier alpha value is -0.920. The van der Waals surface area contributed by atoms with Crippen LogP contribution in [-0.2, 0) is 0 Å². The van der Waals surface area contributed by atoms with E-state index in [2.05, 4.69) is 23.8 Å². The summed E-state index contributed by atoms with van der Waals surface area (Å²) in [5.41, 5.74) is 1.19. The van der Waals surface area contributed by atoms with E-state index >= 15 is 0 Å². The van der Waals surface area contributed by atoms with Crippen LogP contribution in [0.15, 0.2) is 21.8 Å². The fourth-order valence-corrected chi connectivity index (χ4v) is 0.946. The van der Waals surface area contributed by atoms with Crippen molar-refractivity contribution in [3.63, 3.8) is 0 Å². The van der Waals surface area contributed by atoms with Crippen LogP contribution in [0.25, 0.3) is 0 Å². The van der Waals surface area contributed by atoms with Crippen molar-refractivity contribution < 1.29 is 0 Å². The standard InChI is InChI=1S/C10H18N2/c1-5-12-8-10(7-11-4)6-9(2)3/h5,7-9H,6H2,1-4H3/b10-8-,11-7?,12-5?. The first kappa shape index (κ1) is 11.1. The van der Waals surface area contributed by atoms with Gasteiger partial charge in [0, 0.05) is 25.7 Å². The Kier molecular flexibility index (Phi) is 6.25. The van der Waals surface area contributed by atoms with E-state index in [9.17, 15) is 0 Å². The molecule has 0 N–H and O–H groups in total. The minimum atomic E-state index is 0.654. The Labute approximate surface area is 75.1 Å². The van der Waals surface area contributed by atoms with E-state index in [-0.39, 0.29) is 0 Å². The minimum Gasteiger partial charge on any atom is -0.296 e. The SMILES string of the molecule is CC=N/C=C(\C=NC)CC(C)C. The minimum absolute atomic E-state index is 0.654. The molecule has 0 rings (SSSR count). The molecular weight excluding hydrogens is 148 g/mol. The number of hydrogen-bond donors (Lipinski definition) is 0. The lowest BCUT2D eigenvalue weighted by Crippen LogP contribution is -1.92. The summed E-state index contributed by atoms with van der Waals surface area (Å²) in [6, 6.07) is 0. The zero-order valence-corrected chi connectivity index (χ0v) is 8.41. The summed E-state index contributed by atoms with van der Waals surface area (Å²) >= 11 is 0. The van der Waals surface area contributed by atoms with Crippen molar-refractivity contribution in [3.05, 3.63) is 11.8 Å². The van der Waals surface area contributed by atoms with Gasteiger partial charge in [-0.1, -0.05) is 13.8 Å². The number of aliphatic imine (C=N–C) groups is 2. The molecule has 0 amide bonds. The highest BCUT2D eigenvalue weighted by molar-refractivity contribution is 5.78. The zero-order valence-electron chi connectivity index (χ0n) is 8.41. The molecule has 2 nitrogen and oxygen atoms in total. The summed E-state index contributed by atoms with van der Waals surface area (Å²) in [5.74, 6) is 0.654. The average Bonchev–Trinajstić information content (AvgIpc) is 2.00. The Morgan fingerprint density at radius 2 is 2.08 bits per heavy atom. The third-order valence-corrected chi connectivity index (χ3v) is 1.33. The molecule has 12 heavy (non-hydrogen) atoms. The summed E-state index contributed by atoms with van der Waals surface area (Å²) < 4.78 is 0. The highest BCUT2D eigenvalue weighted by atomic mass is 14.7. The maximum Gasteiger partial charge on any atom is 0.0311 e. The van der Waals surface area contributed by atoms with Gasteiger partial charge in [-0.25, -0.2) is 0 Å². The second-order valence-electron chi connectivity index (χ2n) is 3.10. The van der Waals surface area contributed by atoms with Crippen molar-refractivity contribution in [2.24, 2.45) is 15.9 Å². The van der Waals surface area contributed by atoms with Crippen LogP contribution in [0.1, 0.15) is 27.2 Å². The van der Waals surface area contributed by atoms with Crippen LogP contribution in [0, 0.1) is 5.92 Å². The molecule has 0 atom stereocenters. The Bertz CT molecular complexity index is 188. The van der Waals surface area contributed by atoms with Crippen molar-refractivity contribution in [2.75, 3.05) is 7.05 Å². The van der Waals surface area contributed by atoms with Gasteiger partial charge in [0.1, 0.15) is 0 Å². The number of rotatable bonds is 4. The second-order valence-corrected chi connectivity index (χ2v) is 3.10. The molecular formula is C10H18N2. The van der Waals surface area contributed by atoms with Gasteiger partial charge in [-0.05, 0) is 24.8 Å². The zero-order chi connectivity index (χ0) is 9.40. The van der Waals surface area contributed by atoms with Gasteiger partial charge in [0.05, 0.1) is 0 Å². The fraction of sp³-hybridized carbons (Fsp3) is 0.600. The van der Waals surface area contributed by atoms with E-state index < -0.39 is 0 Å². The van der Waals surface area contributed by atoms with Crippen LogP contribution in [0.3, 0.4) is 0 Å². The maximum absolute atomic E-state index is 4.07. The predicted octanol–water partition coefficient (Wildman–Crippen LogP) is 2.71. The summed E-state index contributed by atoms with van der Waals surface area (Å²) in [6.07, 6.45) is 6.55. The van der Waals surface area contributed by atoms with Crippen LogP contribution in [-0.4, -0.2) is 19.5 Å². The van der Waals surface area contributed by atoms with Crippen molar-refractivity contribution in [3.8, 4) is 0 Å². The highest BCUT2D eigenvalue weighted by Gasteiger charge is 1.96. The molecule has 68 valence electrons. The molecule has 0 saturated heterocycles. The molecule has 0 aliphatic carbocycles. The van der Waals surface area contributed by atoms with Crippen LogP contribution in [0.2, 0.25) is 0 Å². The summed E-state index contributed by atoms with van der Waals surface area (Å²) in [6.45, 7) is 6.28. The van der Waals surface area contributed by atoms with Gasteiger partial charge in [0.2, 0.25) is 0 Å². The maximum atomic E-state index is 4.07. The number of hydrogen-bond acceptors (Lipinski definition) is 2. The Morgan fingerprint density at radius 1 is 1.42 bits per heavy atom. The molecule has 0 unspecified atom stereocenters. The van der Waals surface area contributed by atoms with Crippen molar-refractivity contribution in [2.45, 2.75) is 27.2 Å². The van der Waals surface area contributed by atoms with Crippen molar-refractivity contribution in [1.29, 1.82) is 0 Å². The average molecular weight is 166 g/mol. The highest BCUT2D eigenvalue weighted by Crippen LogP contribution is 2.08. The van der Waals surface area contributed by atoms with Crippen LogP contribution in [0.5, 0.6) is 0 Å². The van der Waals surface area contributed by atoms with Gasteiger partial charge in [0.15, 0.2) is 0 Å². The molecule has 0 aliphatic heterocycles. The van der Waals surface area contributed by atoms with Gasteiger partial charge in [-0.15, -0.1) is 0 Å². The van der Waals surface area contributed by atoms with Crippen molar-refractivity contribution >= 4 is 12.4 Å². The van der Waals surface area contributed by atoms with E-state index in [1.54, 1.807) is 13.3 Å². The molecule has 0 aromatic rings. The molecule has 0 saturated carbocycles. The van der Waals surface area contributed by atoms with Gasteiger partial charge in [-0.2, -0.15) is 0 Å². The quantitative estimate of drug-likeness (QED) is 0.574. The van der Waals surface area contributed by atoms with Gasteiger partial charge >= 0.3 is 0 Å². The normalized spacial score (nSPS) is 13.9. The smallest absolute Gasteiger partial charge is 0.0311 e. The topological polar surface area (TPSA) is 24.7 Å². The molecule has 0 bridgehead atoms. The molecule has 2 heteroatoms. The van der Waals surface area contributed by atoms with E-state index in [4.69, 9.17) is 0 Å². The lowest BCUT2D eigenvalue weighted by molar-refractivity contribution is 0.654. The predicted molar refractivity (Wildman–Crippen MR) is 56.1 cm³/mol. The summed E-state index contributed by atoms with van der Waals surface area (Å²) in [4.78, 5) is 8.04. The third kappa shape index (κ3) is 5.83. The monoisotopic (exact) mass is 166 g/mol. The molecule has 0 spiro atoms. The molecule has 0 aromatic heterocycles. The first-order valence-corrected chi connectivity index (χ1v) is 4.29. The lowest BCUT2D eigenvalue weighted by atomic mass is 10.1. The molecule has 0 fully saturated rings. The van der Waals surface area contributed by atoms with E-state index in [1.165, 1.54) is 5.57 Å². The summed E-state index contributed by atoms with van der Waals surface area (Å²) in [7, 11) is 1.78. The number of allylic oxidation sites excluding steroid dienone is 1. The number of nitrogens with zero attached hydrogens (tertiary/aromatic N) is 2. The van der Waals surface area contributed by atoms with E-state index in [1.807, 2.05) is 19.3 Å². The Morgan fingerprint density at radius 3 is 2.50 bits per heavy atom. The van der Waals surface area contributed by atoms with Crippen LogP contribution < -0.4 is 0 Å². The lowest BCUT2D eigenvalue weighted by Gasteiger charge is -2.02. The van der Waals surface area contributed by atoms with Crippen LogP contribution in [0.4, 0.5) is 0 Å². The largest absolute Gasteiger partial charge is 0.296 e. The van der Waals surface area contributed by atoms with Crippen LogP contribution >= 0.6 is 0 Å². The third-order valence-electron chi connectivity index (χ3n) is 1.33. The first-order chi connectivity index (χ1) is 5.70. The first-order valence-electron chi connectivity index (χ1n) is 4.29.